The minimum Gasteiger partial charge on any atom is -0.496 e. The van der Waals surface area contributed by atoms with Crippen LogP contribution in [0.1, 0.15) is 24.8 Å². The average Bonchev–Trinajstić information content (AvgIpc) is 2.84. The number of thioether (sulfide) groups is 1. The Morgan fingerprint density at radius 3 is 3.00 bits per heavy atom. The highest BCUT2D eigenvalue weighted by Crippen LogP contribution is 2.29. The molecule has 0 bridgehead atoms. The molecule has 1 saturated carbocycles. The third kappa shape index (κ3) is 3.34. The van der Waals surface area contributed by atoms with Crippen LogP contribution in [0, 0.1) is 0 Å². The van der Waals surface area contributed by atoms with Gasteiger partial charge in [0.15, 0.2) is 0 Å². The smallest absolute Gasteiger partial charge is 0.123 e. The van der Waals surface area contributed by atoms with Gasteiger partial charge in [-0.05, 0) is 37.3 Å². The maximum Gasteiger partial charge on any atom is 0.123 e. The SMILES string of the molecule is COc1ccc(Cl)cc1CNC1CCCC1SC. The lowest BCUT2D eigenvalue weighted by Gasteiger charge is -2.20. The minimum absolute atomic E-state index is 0.615. The van der Waals surface area contributed by atoms with E-state index in [0.717, 1.165) is 28.1 Å². The summed E-state index contributed by atoms with van der Waals surface area (Å²) in [5.74, 6) is 0.908. The molecule has 2 nitrogen and oxygen atoms in total. The predicted molar refractivity (Wildman–Crippen MR) is 79.8 cm³/mol. The molecule has 1 N–H and O–H groups in total. The van der Waals surface area contributed by atoms with E-state index in [1.807, 2.05) is 30.0 Å². The van der Waals surface area contributed by atoms with E-state index in [1.54, 1.807) is 7.11 Å². The van der Waals surface area contributed by atoms with Crippen molar-refractivity contribution in [3.63, 3.8) is 0 Å². The van der Waals surface area contributed by atoms with Gasteiger partial charge in [-0.15, -0.1) is 0 Å². The zero-order chi connectivity index (χ0) is 13.0. The van der Waals surface area contributed by atoms with E-state index in [2.05, 4.69) is 11.6 Å². The Morgan fingerprint density at radius 1 is 1.44 bits per heavy atom. The second-order valence-electron chi connectivity index (χ2n) is 4.65. The van der Waals surface area contributed by atoms with Crippen molar-refractivity contribution in [1.82, 2.24) is 5.32 Å². The summed E-state index contributed by atoms with van der Waals surface area (Å²) in [7, 11) is 1.70. The molecule has 4 heteroatoms. The van der Waals surface area contributed by atoms with Crippen LogP contribution >= 0.6 is 23.4 Å². The zero-order valence-corrected chi connectivity index (χ0v) is 12.5. The van der Waals surface area contributed by atoms with Crippen LogP contribution in [-0.4, -0.2) is 24.7 Å². The Bertz CT molecular complexity index is 399. The molecular weight excluding hydrogens is 266 g/mol. The van der Waals surface area contributed by atoms with Crippen molar-refractivity contribution < 1.29 is 4.74 Å². The second kappa shape index (κ2) is 6.69. The maximum atomic E-state index is 6.04. The Morgan fingerprint density at radius 2 is 2.28 bits per heavy atom. The van der Waals surface area contributed by atoms with Crippen LogP contribution < -0.4 is 10.1 Å². The van der Waals surface area contributed by atoms with E-state index in [9.17, 15) is 0 Å². The van der Waals surface area contributed by atoms with Crippen molar-refractivity contribution in [3.8, 4) is 5.75 Å². The molecule has 0 amide bonds. The first-order valence-corrected chi connectivity index (χ1v) is 7.99. The van der Waals surface area contributed by atoms with Gasteiger partial charge in [0.25, 0.3) is 0 Å². The van der Waals surface area contributed by atoms with Crippen molar-refractivity contribution in [3.05, 3.63) is 28.8 Å². The molecule has 1 aliphatic carbocycles. The van der Waals surface area contributed by atoms with Crippen LogP contribution in [0.25, 0.3) is 0 Å². The number of hydrogen-bond acceptors (Lipinski definition) is 3. The number of benzene rings is 1. The normalized spacial score (nSPS) is 23.3. The molecule has 2 unspecified atom stereocenters. The van der Waals surface area contributed by atoms with Crippen LogP contribution in [0.4, 0.5) is 0 Å². The summed E-state index contributed by atoms with van der Waals surface area (Å²) in [6.45, 7) is 0.825. The molecule has 18 heavy (non-hydrogen) atoms. The number of rotatable bonds is 5. The summed E-state index contributed by atoms with van der Waals surface area (Å²) in [5.41, 5.74) is 1.14. The Kier molecular flexibility index (Phi) is 5.22. The van der Waals surface area contributed by atoms with Crippen LogP contribution in [-0.2, 0) is 6.54 Å². The van der Waals surface area contributed by atoms with E-state index in [-0.39, 0.29) is 0 Å². The summed E-state index contributed by atoms with van der Waals surface area (Å²) < 4.78 is 5.36. The molecule has 2 atom stereocenters. The maximum absolute atomic E-state index is 6.04. The number of halogens is 1. The molecule has 0 aliphatic heterocycles. The molecule has 0 radical (unpaired) electrons. The highest BCUT2D eigenvalue weighted by atomic mass is 35.5. The first-order valence-electron chi connectivity index (χ1n) is 6.33. The number of methoxy groups -OCH3 is 1. The first kappa shape index (κ1) is 14.0. The monoisotopic (exact) mass is 285 g/mol. The highest BCUT2D eigenvalue weighted by molar-refractivity contribution is 7.99. The third-order valence-corrected chi connectivity index (χ3v) is 4.96. The van der Waals surface area contributed by atoms with Gasteiger partial charge >= 0.3 is 0 Å². The van der Waals surface area contributed by atoms with Gasteiger partial charge in [0.05, 0.1) is 7.11 Å². The van der Waals surface area contributed by atoms with Gasteiger partial charge in [0, 0.05) is 28.4 Å². The van der Waals surface area contributed by atoms with Crippen molar-refractivity contribution in [2.24, 2.45) is 0 Å². The molecule has 0 spiro atoms. The second-order valence-corrected chi connectivity index (χ2v) is 6.16. The largest absolute Gasteiger partial charge is 0.496 e. The van der Waals surface area contributed by atoms with Gasteiger partial charge < -0.3 is 10.1 Å². The molecule has 0 aromatic heterocycles. The highest BCUT2D eigenvalue weighted by Gasteiger charge is 2.25. The third-order valence-electron chi connectivity index (χ3n) is 3.55. The van der Waals surface area contributed by atoms with E-state index < -0.39 is 0 Å². The summed E-state index contributed by atoms with van der Waals surface area (Å²) in [4.78, 5) is 0. The van der Waals surface area contributed by atoms with Gasteiger partial charge in [-0.3, -0.25) is 0 Å². The lowest BCUT2D eigenvalue weighted by molar-refractivity contribution is 0.405. The molecule has 1 aliphatic rings. The lowest BCUT2D eigenvalue weighted by atomic mass is 10.1. The van der Waals surface area contributed by atoms with Gasteiger partial charge in [-0.25, -0.2) is 0 Å². The fourth-order valence-corrected chi connectivity index (χ4v) is 3.73. The van der Waals surface area contributed by atoms with E-state index >= 15 is 0 Å². The zero-order valence-electron chi connectivity index (χ0n) is 10.9. The quantitative estimate of drug-likeness (QED) is 0.891. The summed E-state index contributed by atoms with van der Waals surface area (Å²) in [6, 6.07) is 6.39. The van der Waals surface area contributed by atoms with Crippen molar-refractivity contribution in [2.75, 3.05) is 13.4 Å². The molecule has 100 valence electrons. The molecular formula is C14H20ClNOS. The average molecular weight is 286 g/mol. The topological polar surface area (TPSA) is 21.3 Å². The number of hydrogen-bond donors (Lipinski definition) is 1. The minimum atomic E-state index is 0.615. The molecule has 1 fully saturated rings. The van der Waals surface area contributed by atoms with Crippen molar-refractivity contribution in [1.29, 1.82) is 0 Å². The Hall–Kier alpha value is -0.380. The molecule has 0 saturated heterocycles. The standard InChI is InChI=1S/C14H20ClNOS/c1-17-13-7-6-11(15)8-10(13)9-16-12-4-3-5-14(12)18-2/h6-8,12,14,16H,3-5,9H2,1-2H3. The van der Waals surface area contributed by atoms with Gasteiger partial charge in [0.1, 0.15) is 5.75 Å². The van der Waals surface area contributed by atoms with Crippen molar-refractivity contribution >= 4 is 23.4 Å². The number of nitrogens with one attached hydrogen (secondary N) is 1. The van der Waals surface area contributed by atoms with Crippen LogP contribution in [0.3, 0.4) is 0 Å². The van der Waals surface area contributed by atoms with Crippen LogP contribution in [0.5, 0.6) is 5.75 Å². The Balaban J connectivity index is 1.99. The van der Waals surface area contributed by atoms with E-state index in [0.29, 0.717) is 6.04 Å². The lowest BCUT2D eigenvalue weighted by Crippen LogP contribution is -2.33. The van der Waals surface area contributed by atoms with Gasteiger partial charge in [0.2, 0.25) is 0 Å². The molecule has 1 aromatic rings. The summed E-state index contributed by atoms with van der Waals surface area (Å²) in [5, 5.41) is 5.15. The van der Waals surface area contributed by atoms with E-state index in [4.69, 9.17) is 16.3 Å². The molecule has 0 heterocycles. The van der Waals surface area contributed by atoms with Crippen LogP contribution in [0.2, 0.25) is 5.02 Å². The fraction of sp³-hybridized carbons (Fsp3) is 0.571. The molecule has 1 aromatic carbocycles. The molecule has 2 rings (SSSR count). The first-order chi connectivity index (χ1) is 8.74. The predicted octanol–water partition coefficient (Wildman–Crippen LogP) is 3.72. The summed E-state index contributed by atoms with van der Waals surface area (Å²) in [6.07, 6.45) is 6.13. The van der Waals surface area contributed by atoms with E-state index in [1.165, 1.54) is 19.3 Å². The Labute approximate surface area is 118 Å². The van der Waals surface area contributed by atoms with Gasteiger partial charge in [-0.1, -0.05) is 18.0 Å². The number of ether oxygens (including phenoxy) is 1. The summed E-state index contributed by atoms with van der Waals surface area (Å²) >= 11 is 8.01. The van der Waals surface area contributed by atoms with Crippen molar-refractivity contribution in [2.45, 2.75) is 37.1 Å². The van der Waals surface area contributed by atoms with Crippen LogP contribution in [0.15, 0.2) is 18.2 Å². The van der Waals surface area contributed by atoms with Gasteiger partial charge in [-0.2, -0.15) is 11.8 Å². The fourth-order valence-electron chi connectivity index (χ4n) is 2.57.